The van der Waals surface area contributed by atoms with Crippen LogP contribution in [0.25, 0.3) is 12.2 Å². The summed E-state index contributed by atoms with van der Waals surface area (Å²) in [6.07, 6.45) is 3.14. The summed E-state index contributed by atoms with van der Waals surface area (Å²) in [5.41, 5.74) is 1.56. The number of hydrogen-bond acceptors (Lipinski definition) is 6. The van der Waals surface area contributed by atoms with E-state index in [1.807, 2.05) is 0 Å². The van der Waals surface area contributed by atoms with Crippen LogP contribution in [-0.4, -0.2) is 25.9 Å². The van der Waals surface area contributed by atoms with Gasteiger partial charge in [0, 0.05) is 0 Å². The minimum atomic E-state index is -4.31. The fourth-order valence-corrected chi connectivity index (χ4v) is 2.48. The van der Waals surface area contributed by atoms with Crippen LogP contribution in [0, 0.1) is 0 Å². The predicted octanol–water partition coefficient (Wildman–Crippen LogP) is 2.46. The van der Waals surface area contributed by atoms with Crippen molar-refractivity contribution in [2.75, 3.05) is 0 Å². The Morgan fingerprint density at radius 1 is 0.640 bits per heavy atom. The molecule has 0 heterocycles. The Morgan fingerprint density at radius 2 is 0.880 bits per heavy atom. The first-order valence-corrected chi connectivity index (χ1v) is 9.26. The van der Waals surface area contributed by atoms with Gasteiger partial charge in [-0.1, -0.05) is 49.6 Å². The van der Waals surface area contributed by atoms with Crippen LogP contribution < -0.4 is 0 Å². The van der Waals surface area contributed by atoms with E-state index in [9.17, 15) is 25.9 Å². The van der Waals surface area contributed by atoms with Gasteiger partial charge in [-0.25, -0.2) is 16.8 Å². The molecule has 0 fully saturated rings. The molecule has 0 aromatic heterocycles. The summed E-state index contributed by atoms with van der Waals surface area (Å²) in [5.74, 6) is 0. The summed E-state index contributed by atoms with van der Waals surface area (Å²) in [6.45, 7) is 6.99. The molecule has 0 saturated heterocycles. The van der Waals surface area contributed by atoms with Crippen molar-refractivity contribution in [3.63, 3.8) is 0 Å². The molecule has 0 bridgehead atoms. The Kier molecular flexibility index (Phi) is 9.11. The zero-order chi connectivity index (χ0) is 18.4. The summed E-state index contributed by atoms with van der Waals surface area (Å²) in [6, 6.07) is 11.2. The van der Waals surface area contributed by atoms with Gasteiger partial charge in [0.1, 0.15) is 20.2 Å². The zero-order valence-corrected chi connectivity index (χ0v) is 17.8. The number of hydrogen-bond donors (Lipinski definition) is 0. The second kappa shape index (κ2) is 9.74. The van der Waals surface area contributed by atoms with Gasteiger partial charge >= 0.3 is 19.5 Å². The van der Waals surface area contributed by atoms with Crippen LogP contribution in [0.3, 0.4) is 0 Å². The molecule has 2 aromatic carbocycles. The third-order valence-corrected chi connectivity index (χ3v) is 4.51. The first-order valence-electron chi connectivity index (χ1n) is 6.44. The number of rotatable bonds is 4. The maximum absolute atomic E-state index is 10.5. The Hall–Kier alpha value is -1.64. The topological polar surface area (TPSA) is 114 Å². The first kappa shape index (κ1) is 23.4. The van der Waals surface area contributed by atoms with Gasteiger partial charge in [0.15, 0.2) is 0 Å². The van der Waals surface area contributed by atoms with Gasteiger partial charge in [-0.15, -0.1) is 0 Å². The van der Waals surface area contributed by atoms with Crippen LogP contribution >= 0.6 is 0 Å². The second-order valence-electron chi connectivity index (χ2n) is 4.45. The van der Waals surface area contributed by atoms with E-state index in [2.05, 4.69) is 13.2 Å². The van der Waals surface area contributed by atoms with E-state index in [4.69, 9.17) is 0 Å². The fraction of sp³-hybridized carbons (Fsp3) is 0. The van der Waals surface area contributed by atoms with Gasteiger partial charge in [-0.05, 0) is 35.4 Å². The van der Waals surface area contributed by atoms with Crippen LogP contribution in [-0.2, 0) is 39.7 Å². The van der Waals surface area contributed by atoms with E-state index in [1.54, 1.807) is 12.2 Å². The van der Waals surface area contributed by atoms with E-state index in [0.29, 0.717) is 0 Å². The van der Waals surface area contributed by atoms with Crippen LogP contribution in [0.15, 0.2) is 71.5 Å². The second-order valence-corrected chi connectivity index (χ2v) is 7.21. The Morgan fingerprint density at radius 3 is 1.04 bits per heavy atom. The molecule has 9 heteroatoms. The molecule has 0 atom stereocenters. The molecule has 0 amide bonds. The molecule has 0 N–H and O–H groups in total. The zero-order valence-electron chi connectivity index (χ0n) is 13.2. The molecule has 2 aromatic rings. The van der Waals surface area contributed by atoms with Crippen molar-refractivity contribution in [1.29, 1.82) is 0 Å². The van der Waals surface area contributed by atoms with E-state index >= 15 is 0 Å². The molecule has 0 aliphatic heterocycles. The van der Waals surface area contributed by atoms with Crippen LogP contribution in [0.4, 0.5) is 0 Å². The van der Waals surface area contributed by atoms with Crippen LogP contribution in [0.5, 0.6) is 0 Å². The van der Waals surface area contributed by atoms with Crippen molar-refractivity contribution in [3.05, 3.63) is 72.8 Å². The van der Waals surface area contributed by atoms with E-state index in [0.717, 1.165) is 11.1 Å². The molecular weight excluding hydrogens is 418 g/mol. The average molecular weight is 432 g/mol. The third-order valence-electron chi connectivity index (χ3n) is 2.81. The Labute approximate surface area is 160 Å². The van der Waals surface area contributed by atoms with Crippen molar-refractivity contribution in [2.45, 2.75) is 9.79 Å². The average Bonchev–Trinajstić information content (AvgIpc) is 2.54. The molecule has 0 radical (unpaired) electrons. The Balaban J connectivity index is 0.000000443. The largest absolute Gasteiger partial charge is 2.00 e. The van der Waals surface area contributed by atoms with E-state index < -0.39 is 20.2 Å². The van der Waals surface area contributed by atoms with E-state index in [-0.39, 0.29) is 29.3 Å². The normalized spacial score (nSPS) is 10.6. The maximum atomic E-state index is 10.5. The molecule has 0 saturated carbocycles. The van der Waals surface area contributed by atoms with Gasteiger partial charge in [0.2, 0.25) is 0 Å². The summed E-state index contributed by atoms with van der Waals surface area (Å²) in [4.78, 5) is -0.429. The van der Waals surface area contributed by atoms with Gasteiger partial charge in [0.05, 0.1) is 9.79 Å². The summed E-state index contributed by atoms with van der Waals surface area (Å²) in [7, 11) is -8.62. The molecule has 128 valence electrons. The molecule has 0 unspecified atom stereocenters. The predicted molar refractivity (Wildman–Crippen MR) is 89.0 cm³/mol. The van der Waals surface area contributed by atoms with E-state index in [1.165, 1.54) is 48.5 Å². The molecule has 2 rings (SSSR count). The minimum absolute atomic E-state index is 0. The van der Waals surface area contributed by atoms with Crippen molar-refractivity contribution < 1.29 is 45.4 Å². The van der Waals surface area contributed by atoms with Gasteiger partial charge in [-0.3, -0.25) is 0 Å². The van der Waals surface area contributed by atoms with Gasteiger partial charge < -0.3 is 9.11 Å². The quantitative estimate of drug-likeness (QED) is 0.542. The summed E-state index contributed by atoms with van der Waals surface area (Å²) < 4.78 is 62.7. The molecule has 25 heavy (non-hydrogen) atoms. The fourth-order valence-electron chi connectivity index (χ4n) is 1.54. The molecule has 6 nitrogen and oxygen atoms in total. The molecule has 0 aliphatic rings. The standard InChI is InChI=1S/2C8H8O3S.Zn/c2*1-2-7-3-5-8(6-4-7)12(9,10)11;/h2*2-6H,1H2,(H,9,10,11);/q;;+2/p-2. The van der Waals surface area contributed by atoms with Crippen molar-refractivity contribution in [1.82, 2.24) is 0 Å². The van der Waals surface area contributed by atoms with Crippen molar-refractivity contribution in [3.8, 4) is 0 Å². The van der Waals surface area contributed by atoms with Crippen molar-refractivity contribution >= 4 is 32.4 Å². The van der Waals surface area contributed by atoms with Gasteiger partial charge in [0.25, 0.3) is 0 Å². The molecular formula is C16H14O6S2Zn. The SMILES string of the molecule is C=Cc1ccc(S(=O)(=O)[O-])cc1.C=Cc1ccc(S(=O)(=O)[O-])cc1.[Zn+2]. The minimum Gasteiger partial charge on any atom is -0.744 e. The monoisotopic (exact) mass is 430 g/mol. The van der Waals surface area contributed by atoms with Crippen LogP contribution in [0.2, 0.25) is 0 Å². The Bertz CT molecular complexity index is 836. The third kappa shape index (κ3) is 7.85. The van der Waals surface area contributed by atoms with Crippen LogP contribution in [0.1, 0.15) is 11.1 Å². The van der Waals surface area contributed by atoms with Gasteiger partial charge in [-0.2, -0.15) is 0 Å². The summed E-state index contributed by atoms with van der Waals surface area (Å²) in [5, 5.41) is 0. The smallest absolute Gasteiger partial charge is 0.744 e. The molecule has 0 spiro atoms. The maximum Gasteiger partial charge on any atom is 2.00 e. The molecule has 0 aliphatic carbocycles. The number of benzene rings is 2. The van der Waals surface area contributed by atoms with Crippen molar-refractivity contribution in [2.24, 2.45) is 0 Å². The summed E-state index contributed by atoms with van der Waals surface area (Å²) >= 11 is 0. The first-order chi connectivity index (χ1) is 11.1.